The molecule has 1 saturated carbocycles. The third kappa shape index (κ3) is 5.52. The molecule has 2 aliphatic rings. The van der Waals surface area contributed by atoms with Gasteiger partial charge < -0.3 is 9.47 Å². The monoisotopic (exact) mass is 418 g/mol. The normalized spacial score (nSPS) is 19.0. The van der Waals surface area contributed by atoms with Crippen LogP contribution in [0.3, 0.4) is 0 Å². The Kier molecular flexibility index (Phi) is 8.55. The van der Waals surface area contributed by atoms with Crippen molar-refractivity contribution in [3.05, 3.63) is 35.9 Å². The van der Waals surface area contributed by atoms with Crippen LogP contribution in [0, 0.1) is 11.3 Å². The molecule has 2 fully saturated rings. The number of likely N-dealkylation sites (tertiary alicyclic amines) is 1. The maximum Gasteiger partial charge on any atom is 0.320 e. The number of carbonyl (C=O) groups is 1. The zero-order valence-corrected chi connectivity index (χ0v) is 18.0. The Hall–Kier alpha value is -2.03. The van der Waals surface area contributed by atoms with Crippen LogP contribution in [0.25, 0.3) is 6.08 Å². The Bertz CT molecular complexity index is 745. The highest BCUT2D eigenvalue weighted by atomic mass is 35.5. The minimum absolute atomic E-state index is 0. The maximum atomic E-state index is 11.7. The molecule has 6 heteroatoms. The summed E-state index contributed by atoms with van der Waals surface area (Å²) in [5.74, 6) is 0.637. The molecular formula is C23H31ClN2O3. The number of piperidine rings is 1. The average molecular weight is 419 g/mol. The SMILES string of the molecule is C=Cc1ccc(C2(C#N)CCN(CC(=O)OCC)CC2)cc1OC1CCCC1.Cl. The molecule has 1 aromatic rings. The van der Waals surface area contributed by atoms with Gasteiger partial charge in [-0.3, -0.25) is 9.69 Å². The largest absolute Gasteiger partial charge is 0.490 e. The van der Waals surface area contributed by atoms with Gasteiger partial charge in [-0.15, -0.1) is 12.4 Å². The molecule has 0 aromatic heterocycles. The summed E-state index contributed by atoms with van der Waals surface area (Å²) in [7, 11) is 0. The Morgan fingerprint density at radius 2 is 2.03 bits per heavy atom. The standard InChI is InChI=1S/C23H30N2O3.ClH/c1-3-18-9-10-19(15-21(18)28-20-7-5-6-8-20)23(17-24)11-13-25(14-12-23)16-22(26)27-4-2;/h3,9-10,15,20H,1,4-8,11-14,16H2,2H3;1H. The molecule has 0 N–H and O–H groups in total. The highest BCUT2D eigenvalue weighted by Crippen LogP contribution is 2.38. The number of rotatable bonds is 7. The van der Waals surface area contributed by atoms with Crippen LogP contribution in [0.2, 0.25) is 0 Å². The van der Waals surface area contributed by atoms with Crippen molar-refractivity contribution < 1.29 is 14.3 Å². The summed E-state index contributed by atoms with van der Waals surface area (Å²) in [6.07, 6.45) is 8.07. The molecular weight excluding hydrogens is 388 g/mol. The minimum Gasteiger partial charge on any atom is -0.490 e. The van der Waals surface area contributed by atoms with Gasteiger partial charge in [0.1, 0.15) is 5.75 Å². The lowest BCUT2D eigenvalue weighted by atomic mass is 9.73. The molecule has 1 aromatic carbocycles. The van der Waals surface area contributed by atoms with Crippen molar-refractivity contribution in [3.63, 3.8) is 0 Å². The van der Waals surface area contributed by atoms with E-state index in [1.807, 2.05) is 31.2 Å². The van der Waals surface area contributed by atoms with Crippen LogP contribution in [-0.4, -0.2) is 43.2 Å². The molecule has 29 heavy (non-hydrogen) atoms. The van der Waals surface area contributed by atoms with Gasteiger partial charge in [0.2, 0.25) is 0 Å². The van der Waals surface area contributed by atoms with Crippen molar-refractivity contribution in [3.8, 4) is 11.8 Å². The highest BCUT2D eigenvalue weighted by molar-refractivity contribution is 5.85. The third-order valence-electron chi connectivity index (χ3n) is 5.96. The highest BCUT2D eigenvalue weighted by Gasteiger charge is 2.37. The number of hydrogen-bond acceptors (Lipinski definition) is 5. The van der Waals surface area contributed by atoms with Gasteiger partial charge in [-0.25, -0.2) is 0 Å². The number of nitriles is 1. The molecule has 0 spiro atoms. The summed E-state index contributed by atoms with van der Waals surface area (Å²) < 4.78 is 11.3. The van der Waals surface area contributed by atoms with E-state index in [-0.39, 0.29) is 24.5 Å². The molecule has 158 valence electrons. The second kappa shape index (κ2) is 10.7. The molecule has 0 bridgehead atoms. The fourth-order valence-electron chi connectivity index (χ4n) is 4.24. The van der Waals surface area contributed by atoms with Crippen molar-refractivity contribution in [2.45, 2.75) is 57.0 Å². The first-order chi connectivity index (χ1) is 13.6. The summed E-state index contributed by atoms with van der Waals surface area (Å²) in [6.45, 7) is 7.81. The van der Waals surface area contributed by atoms with Gasteiger partial charge in [-0.1, -0.05) is 24.8 Å². The number of hydrogen-bond donors (Lipinski definition) is 0. The molecule has 0 amide bonds. The zero-order chi connectivity index (χ0) is 20.0. The van der Waals surface area contributed by atoms with Crippen LogP contribution in [0.4, 0.5) is 0 Å². The summed E-state index contributed by atoms with van der Waals surface area (Å²) in [5.41, 5.74) is 1.44. The molecule has 5 nitrogen and oxygen atoms in total. The molecule has 0 atom stereocenters. The van der Waals surface area contributed by atoms with Crippen LogP contribution >= 0.6 is 12.4 Å². The van der Waals surface area contributed by atoms with Gasteiger partial charge in [0.05, 0.1) is 30.7 Å². The van der Waals surface area contributed by atoms with E-state index in [1.165, 1.54) is 12.8 Å². The summed E-state index contributed by atoms with van der Waals surface area (Å²) in [4.78, 5) is 13.8. The predicted octanol–water partition coefficient (Wildman–Crippen LogP) is 4.49. The molecule has 0 radical (unpaired) electrons. The second-order valence-electron chi connectivity index (χ2n) is 7.76. The quantitative estimate of drug-likeness (QED) is 0.610. The Balaban J connectivity index is 0.00000300. The number of nitrogens with zero attached hydrogens (tertiary/aromatic N) is 2. The lowest BCUT2D eigenvalue weighted by molar-refractivity contribution is -0.144. The Morgan fingerprint density at radius 1 is 1.34 bits per heavy atom. The molecule has 3 rings (SSSR count). The second-order valence-corrected chi connectivity index (χ2v) is 7.76. The average Bonchev–Trinajstić information content (AvgIpc) is 3.22. The van der Waals surface area contributed by atoms with Crippen LogP contribution in [0.5, 0.6) is 5.75 Å². The van der Waals surface area contributed by atoms with Gasteiger partial charge >= 0.3 is 5.97 Å². The number of esters is 1. The lowest BCUT2D eigenvalue weighted by Crippen LogP contribution is -2.44. The van der Waals surface area contributed by atoms with Crippen molar-refractivity contribution in [2.24, 2.45) is 0 Å². The van der Waals surface area contributed by atoms with E-state index in [4.69, 9.17) is 9.47 Å². The van der Waals surface area contributed by atoms with Crippen molar-refractivity contribution in [1.29, 1.82) is 5.26 Å². The van der Waals surface area contributed by atoms with Gasteiger partial charge in [0.25, 0.3) is 0 Å². The third-order valence-corrected chi connectivity index (χ3v) is 5.96. The van der Waals surface area contributed by atoms with E-state index < -0.39 is 5.41 Å². The molecule has 1 aliphatic heterocycles. The van der Waals surface area contributed by atoms with E-state index in [1.54, 1.807) is 0 Å². The number of ether oxygens (including phenoxy) is 2. The predicted molar refractivity (Wildman–Crippen MR) is 116 cm³/mol. The first-order valence-electron chi connectivity index (χ1n) is 10.3. The Morgan fingerprint density at radius 3 is 2.62 bits per heavy atom. The van der Waals surface area contributed by atoms with E-state index >= 15 is 0 Å². The van der Waals surface area contributed by atoms with E-state index in [0.717, 1.165) is 29.7 Å². The first-order valence-corrected chi connectivity index (χ1v) is 10.3. The van der Waals surface area contributed by atoms with Crippen LogP contribution in [-0.2, 0) is 14.9 Å². The molecule has 0 unspecified atom stereocenters. The molecule has 1 saturated heterocycles. The van der Waals surface area contributed by atoms with E-state index in [9.17, 15) is 10.1 Å². The fourth-order valence-corrected chi connectivity index (χ4v) is 4.24. The first kappa shape index (κ1) is 23.3. The maximum absolute atomic E-state index is 11.7. The van der Waals surface area contributed by atoms with Crippen LogP contribution < -0.4 is 4.74 Å². The van der Waals surface area contributed by atoms with Crippen LogP contribution in [0.1, 0.15) is 56.6 Å². The van der Waals surface area contributed by atoms with E-state index in [2.05, 4.69) is 17.5 Å². The number of carbonyl (C=O) groups excluding carboxylic acids is 1. The van der Waals surface area contributed by atoms with Gasteiger partial charge in [-0.05, 0) is 57.1 Å². The van der Waals surface area contributed by atoms with Gasteiger partial charge in [-0.2, -0.15) is 5.26 Å². The molecule has 1 aliphatic carbocycles. The fraction of sp³-hybridized carbons (Fsp3) is 0.565. The summed E-state index contributed by atoms with van der Waals surface area (Å²) in [6, 6.07) is 8.65. The smallest absolute Gasteiger partial charge is 0.320 e. The van der Waals surface area contributed by atoms with E-state index in [0.29, 0.717) is 39.1 Å². The molecule has 1 heterocycles. The summed E-state index contributed by atoms with van der Waals surface area (Å²) in [5, 5.41) is 10.0. The number of halogens is 1. The minimum atomic E-state index is -0.543. The van der Waals surface area contributed by atoms with Crippen LogP contribution in [0.15, 0.2) is 24.8 Å². The van der Waals surface area contributed by atoms with Crippen molar-refractivity contribution >= 4 is 24.5 Å². The van der Waals surface area contributed by atoms with Crippen molar-refractivity contribution in [2.75, 3.05) is 26.2 Å². The topological polar surface area (TPSA) is 62.6 Å². The number of benzene rings is 1. The Labute approximate surface area is 180 Å². The zero-order valence-electron chi connectivity index (χ0n) is 17.2. The summed E-state index contributed by atoms with van der Waals surface area (Å²) >= 11 is 0. The van der Waals surface area contributed by atoms with Crippen molar-refractivity contribution in [1.82, 2.24) is 4.90 Å². The lowest BCUT2D eigenvalue weighted by Gasteiger charge is -2.37. The van der Waals surface area contributed by atoms with Gasteiger partial charge in [0, 0.05) is 18.7 Å². The van der Waals surface area contributed by atoms with Gasteiger partial charge in [0.15, 0.2) is 0 Å².